The lowest BCUT2D eigenvalue weighted by molar-refractivity contribution is 0.247. The maximum absolute atomic E-state index is 14.6. The van der Waals surface area contributed by atoms with Crippen LogP contribution in [0.5, 0.6) is 11.5 Å². The number of ether oxygens (including phenoxy) is 2. The topological polar surface area (TPSA) is 60.0 Å². The second-order valence-corrected chi connectivity index (χ2v) is 6.38. The lowest BCUT2D eigenvalue weighted by Gasteiger charge is -2.13. The van der Waals surface area contributed by atoms with E-state index < -0.39 is 0 Å². The van der Waals surface area contributed by atoms with E-state index in [2.05, 4.69) is 15.2 Å². The van der Waals surface area contributed by atoms with Crippen LogP contribution in [0.4, 0.5) is 4.39 Å². The first-order valence-corrected chi connectivity index (χ1v) is 8.79. The van der Waals surface area contributed by atoms with Crippen LogP contribution in [0.25, 0.3) is 33.4 Å². The number of fused-ring (bicyclic) bond motifs is 6. The van der Waals surface area contributed by atoms with Crippen LogP contribution < -0.4 is 9.47 Å². The summed E-state index contributed by atoms with van der Waals surface area (Å²) in [6, 6.07) is 14.4. The average molecular weight is 361 g/mol. The molecule has 0 unspecified atom stereocenters. The van der Waals surface area contributed by atoms with Crippen LogP contribution in [0.3, 0.4) is 0 Å². The summed E-state index contributed by atoms with van der Waals surface area (Å²) in [5.41, 5.74) is 3.36. The first-order valence-electron chi connectivity index (χ1n) is 8.79. The molecule has 0 saturated heterocycles. The van der Waals surface area contributed by atoms with Crippen LogP contribution in [0.1, 0.15) is 6.42 Å². The predicted molar refractivity (Wildman–Crippen MR) is 100 cm³/mol. The van der Waals surface area contributed by atoms with Crippen LogP contribution in [0.15, 0.2) is 54.7 Å². The molecule has 4 aromatic rings. The van der Waals surface area contributed by atoms with Crippen LogP contribution in [-0.4, -0.2) is 28.4 Å². The van der Waals surface area contributed by atoms with Gasteiger partial charge in [0.2, 0.25) is 0 Å². The van der Waals surface area contributed by atoms with Crippen molar-refractivity contribution in [3.63, 3.8) is 0 Å². The Hall–Kier alpha value is -3.41. The molecule has 134 valence electrons. The Kier molecular flexibility index (Phi) is 3.74. The number of hydrogen-bond donors (Lipinski definition) is 1. The second-order valence-electron chi connectivity index (χ2n) is 6.38. The van der Waals surface area contributed by atoms with E-state index in [0.717, 1.165) is 27.9 Å². The van der Waals surface area contributed by atoms with Crippen molar-refractivity contribution in [1.29, 1.82) is 0 Å². The number of aromatic amines is 1. The molecule has 2 aromatic heterocycles. The van der Waals surface area contributed by atoms with Crippen molar-refractivity contribution in [1.82, 2.24) is 15.2 Å². The van der Waals surface area contributed by atoms with Gasteiger partial charge in [-0.1, -0.05) is 18.2 Å². The number of pyridine rings is 1. The highest BCUT2D eigenvalue weighted by Crippen LogP contribution is 2.35. The largest absolute Gasteiger partial charge is 0.493 e. The molecule has 6 heteroatoms. The number of aromatic nitrogens is 3. The third-order valence-electron chi connectivity index (χ3n) is 4.60. The predicted octanol–water partition coefficient (Wildman–Crippen LogP) is 4.59. The van der Waals surface area contributed by atoms with Gasteiger partial charge in [-0.2, -0.15) is 5.10 Å². The smallest absolute Gasteiger partial charge is 0.136 e. The van der Waals surface area contributed by atoms with Gasteiger partial charge >= 0.3 is 0 Å². The van der Waals surface area contributed by atoms with Gasteiger partial charge in [-0.05, 0) is 30.3 Å². The summed E-state index contributed by atoms with van der Waals surface area (Å²) in [6.45, 7) is 0.934. The fraction of sp³-hybridized carbons (Fsp3) is 0.143. The van der Waals surface area contributed by atoms with Gasteiger partial charge in [-0.15, -0.1) is 0 Å². The highest BCUT2D eigenvalue weighted by atomic mass is 19.1. The van der Waals surface area contributed by atoms with E-state index in [4.69, 9.17) is 9.47 Å². The standard InChI is InChI=1S/C21H16FN3O2/c22-16-6-2-7-19-20(16)17-11-15-18(12-23-17)24-25-21(15)13-4-1-5-14(10-13)26-8-3-9-27-19/h1-2,4-7,10-12H,3,8-9H2,(H,24,25). The van der Waals surface area contributed by atoms with Crippen LogP contribution in [0, 0.1) is 5.82 Å². The highest BCUT2D eigenvalue weighted by molar-refractivity contribution is 5.95. The molecule has 1 aliphatic heterocycles. The lowest BCUT2D eigenvalue weighted by Crippen LogP contribution is -2.06. The molecule has 0 atom stereocenters. The summed E-state index contributed by atoms with van der Waals surface area (Å²) < 4.78 is 26.3. The summed E-state index contributed by atoms with van der Waals surface area (Å²) >= 11 is 0. The van der Waals surface area contributed by atoms with Crippen molar-refractivity contribution < 1.29 is 13.9 Å². The van der Waals surface area contributed by atoms with Gasteiger partial charge in [0.25, 0.3) is 0 Å². The van der Waals surface area contributed by atoms with Crippen molar-refractivity contribution in [2.75, 3.05) is 13.2 Å². The van der Waals surface area contributed by atoms with E-state index in [1.54, 1.807) is 18.3 Å². The minimum absolute atomic E-state index is 0.360. The third-order valence-corrected chi connectivity index (χ3v) is 4.60. The minimum Gasteiger partial charge on any atom is -0.493 e. The quantitative estimate of drug-likeness (QED) is 0.498. The van der Waals surface area contributed by atoms with Gasteiger partial charge in [-0.25, -0.2) is 4.39 Å². The summed E-state index contributed by atoms with van der Waals surface area (Å²) in [5, 5.41) is 8.29. The Morgan fingerprint density at radius 1 is 1.00 bits per heavy atom. The summed E-state index contributed by atoms with van der Waals surface area (Å²) in [5.74, 6) is 0.888. The van der Waals surface area contributed by atoms with Crippen molar-refractivity contribution in [3.05, 3.63) is 60.5 Å². The second kappa shape index (κ2) is 6.39. The van der Waals surface area contributed by atoms with E-state index in [1.807, 2.05) is 30.3 Å². The number of H-pyrrole nitrogens is 1. The van der Waals surface area contributed by atoms with Gasteiger partial charge in [-0.3, -0.25) is 10.1 Å². The highest BCUT2D eigenvalue weighted by Gasteiger charge is 2.17. The molecule has 1 aliphatic rings. The molecule has 5 nitrogen and oxygen atoms in total. The molecule has 0 spiro atoms. The Morgan fingerprint density at radius 2 is 1.89 bits per heavy atom. The monoisotopic (exact) mass is 361 g/mol. The Morgan fingerprint density at radius 3 is 2.85 bits per heavy atom. The molecular weight excluding hydrogens is 345 g/mol. The molecule has 0 radical (unpaired) electrons. The van der Waals surface area contributed by atoms with E-state index in [0.29, 0.717) is 36.6 Å². The zero-order valence-electron chi connectivity index (χ0n) is 14.4. The van der Waals surface area contributed by atoms with Gasteiger partial charge < -0.3 is 9.47 Å². The maximum Gasteiger partial charge on any atom is 0.136 e. The number of nitrogens with zero attached hydrogens (tertiary/aromatic N) is 2. The van der Waals surface area contributed by atoms with E-state index in [1.165, 1.54) is 6.07 Å². The lowest BCUT2D eigenvalue weighted by atomic mass is 10.0. The molecule has 0 saturated carbocycles. The van der Waals surface area contributed by atoms with Gasteiger partial charge in [0.1, 0.15) is 23.0 Å². The van der Waals surface area contributed by atoms with Crippen molar-refractivity contribution in [2.45, 2.75) is 6.42 Å². The first kappa shape index (κ1) is 15.8. The molecule has 3 heterocycles. The molecule has 4 bridgehead atoms. The number of benzene rings is 2. The van der Waals surface area contributed by atoms with Gasteiger partial charge in [0.15, 0.2) is 0 Å². The Bertz CT molecular complexity index is 1140. The Balaban J connectivity index is 1.77. The molecule has 0 amide bonds. The molecule has 5 rings (SSSR count). The summed E-state index contributed by atoms with van der Waals surface area (Å²) in [7, 11) is 0. The van der Waals surface area contributed by atoms with Crippen molar-refractivity contribution in [3.8, 4) is 34.0 Å². The molecule has 0 aliphatic carbocycles. The maximum atomic E-state index is 14.6. The van der Waals surface area contributed by atoms with E-state index in [9.17, 15) is 4.39 Å². The Labute approximate surface area is 154 Å². The zero-order chi connectivity index (χ0) is 18.2. The fourth-order valence-electron chi connectivity index (χ4n) is 3.31. The van der Waals surface area contributed by atoms with Crippen LogP contribution >= 0.6 is 0 Å². The molecule has 1 N–H and O–H groups in total. The first-order chi connectivity index (χ1) is 13.3. The van der Waals surface area contributed by atoms with Gasteiger partial charge in [0.05, 0.1) is 36.2 Å². The zero-order valence-corrected chi connectivity index (χ0v) is 14.4. The number of nitrogens with one attached hydrogen (secondary N) is 1. The molecule has 2 aromatic carbocycles. The molecule has 27 heavy (non-hydrogen) atoms. The van der Waals surface area contributed by atoms with E-state index in [-0.39, 0.29) is 5.82 Å². The van der Waals surface area contributed by atoms with Gasteiger partial charge in [0, 0.05) is 17.4 Å². The minimum atomic E-state index is -0.366. The average Bonchev–Trinajstić information content (AvgIpc) is 3.11. The van der Waals surface area contributed by atoms with Crippen molar-refractivity contribution >= 4 is 10.9 Å². The number of rotatable bonds is 0. The summed E-state index contributed by atoms with van der Waals surface area (Å²) in [6.07, 6.45) is 2.35. The van der Waals surface area contributed by atoms with Crippen LogP contribution in [-0.2, 0) is 0 Å². The molecule has 0 fully saturated rings. The number of hydrogen-bond acceptors (Lipinski definition) is 4. The SMILES string of the molecule is Fc1cccc2c1-c1cc3c(n[nH]c3cn1)-c1cccc(c1)OCCCO2. The fourth-order valence-corrected chi connectivity index (χ4v) is 3.31. The molecular formula is C21H16FN3O2. The summed E-state index contributed by atoms with van der Waals surface area (Å²) in [4.78, 5) is 4.43. The third kappa shape index (κ3) is 2.79. The number of halogens is 1. The van der Waals surface area contributed by atoms with Crippen molar-refractivity contribution in [2.24, 2.45) is 0 Å². The van der Waals surface area contributed by atoms with E-state index >= 15 is 0 Å². The normalized spacial score (nSPS) is 13.5. The van der Waals surface area contributed by atoms with Crippen LogP contribution in [0.2, 0.25) is 0 Å².